The Balaban J connectivity index is 1.99. The molecule has 0 unspecified atom stereocenters. The number of rotatable bonds is 11. The van der Waals surface area contributed by atoms with Crippen molar-refractivity contribution in [3.05, 3.63) is 109 Å². The Morgan fingerprint density at radius 2 is 1.00 bits per heavy atom. The Morgan fingerprint density at radius 3 is 1.43 bits per heavy atom. The van der Waals surface area contributed by atoms with E-state index in [1.807, 2.05) is 23.5 Å². The van der Waals surface area contributed by atoms with Crippen LogP contribution in [0.25, 0.3) is 0 Å². The van der Waals surface area contributed by atoms with E-state index < -0.39 is 16.1 Å². The fraction of sp³-hybridized carbons (Fsp3) is 0.200. The normalized spacial score (nSPS) is 11.5. The minimum atomic E-state index is -0.745. The molecule has 4 aromatic rings. The fourth-order valence-corrected chi connectivity index (χ4v) is 12.3. The van der Waals surface area contributed by atoms with Gasteiger partial charge in [-0.25, -0.2) is 4.44 Å². The molecular weight excluding hydrogens is 500 g/mol. The lowest BCUT2D eigenvalue weighted by atomic mass is 10.3. The molecule has 0 atom stereocenters. The number of hydrogen-bond donors (Lipinski definition) is 0. The van der Waals surface area contributed by atoms with Crippen molar-refractivity contribution in [2.75, 3.05) is 19.1 Å². The van der Waals surface area contributed by atoms with Gasteiger partial charge in [0, 0.05) is 43.1 Å². The Hall–Kier alpha value is -1.60. The zero-order valence-corrected chi connectivity index (χ0v) is 24.1. The lowest BCUT2D eigenvalue weighted by molar-refractivity contribution is 0.646. The molecule has 35 heavy (non-hydrogen) atoms. The standard InChI is InChI=1S/C30H33NP2S2/c1-4-5-24-31(32(25-16-8-6-9-17-25)26-18-10-7-11-19-26)33(27-20-12-14-22-29(27)34-2)28-21-13-15-23-30(28)35-3/h6-23H,4-5,24H2,1-3H3. The summed E-state index contributed by atoms with van der Waals surface area (Å²) in [5.74, 6) is 0. The van der Waals surface area contributed by atoms with E-state index in [0.717, 1.165) is 6.54 Å². The summed E-state index contributed by atoms with van der Waals surface area (Å²) in [6.07, 6.45) is 6.78. The van der Waals surface area contributed by atoms with E-state index in [1.54, 1.807) is 0 Å². The smallest absolute Gasteiger partial charge is 0.0346 e. The van der Waals surface area contributed by atoms with Crippen LogP contribution in [0.5, 0.6) is 0 Å². The van der Waals surface area contributed by atoms with Crippen LogP contribution in [0.2, 0.25) is 0 Å². The van der Waals surface area contributed by atoms with Crippen molar-refractivity contribution in [2.45, 2.75) is 29.6 Å². The summed E-state index contributed by atoms with van der Waals surface area (Å²) in [4.78, 5) is 2.76. The molecule has 4 aromatic carbocycles. The second-order valence-corrected chi connectivity index (χ2v) is 14.3. The summed E-state index contributed by atoms with van der Waals surface area (Å²) in [5.41, 5.74) is 0. The number of unbranched alkanes of at least 4 members (excludes halogenated alkanes) is 1. The van der Waals surface area contributed by atoms with Gasteiger partial charge >= 0.3 is 0 Å². The monoisotopic (exact) mass is 533 g/mol. The van der Waals surface area contributed by atoms with E-state index >= 15 is 0 Å². The summed E-state index contributed by atoms with van der Waals surface area (Å²) in [7, 11) is -1.45. The molecule has 0 saturated heterocycles. The predicted octanol–water partition coefficient (Wildman–Crippen LogP) is 7.63. The van der Waals surface area contributed by atoms with E-state index in [4.69, 9.17) is 0 Å². The largest absolute Gasteiger partial charge is 0.245 e. The molecule has 0 aliphatic heterocycles. The molecule has 0 aliphatic carbocycles. The first-order valence-electron chi connectivity index (χ1n) is 12.0. The van der Waals surface area contributed by atoms with Gasteiger partial charge in [-0.3, -0.25) is 0 Å². The van der Waals surface area contributed by atoms with Gasteiger partial charge in [0.05, 0.1) is 0 Å². The SMILES string of the molecule is CCCCN(P(c1ccccc1)c1ccccc1)P(c1ccccc1SC)c1ccccc1SC. The van der Waals surface area contributed by atoms with E-state index in [-0.39, 0.29) is 0 Å². The highest BCUT2D eigenvalue weighted by atomic mass is 32.2. The molecule has 4 rings (SSSR count). The summed E-state index contributed by atoms with van der Waals surface area (Å²) in [6, 6.07) is 40.5. The van der Waals surface area contributed by atoms with Crippen LogP contribution in [0.15, 0.2) is 119 Å². The highest BCUT2D eigenvalue weighted by Gasteiger charge is 2.33. The first-order valence-corrected chi connectivity index (χ1v) is 17.1. The summed E-state index contributed by atoms with van der Waals surface area (Å²) in [5, 5.41) is 5.76. The van der Waals surface area contributed by atoms with Crippen molar-refractivity contribution >= 4 is 60.9 Å². The molecule has 0 spiro atoms. The molecule has 1 nitrogen and oxygen atoms in total. The molecule has 0 saturated carbocycles. The molecule has 0 N–H and O–H groups in total. The summed E-state index contributed by atoms with van der Waals surface area (Å²) in [6.45, 7) is 3.38. The molecule has 0 aromatic heterocycles. The maximum atomic E-state index is 2.88. The van der Waals surface area contributed by atoms with Crippen LogP contribution in [0.3, 0.4) is 0 Å². The van der Waals surface area contributed by atoms with Crippen LogP contribution >= 0.6 is 39.7 Å². The fourth-order valence-electron chi connectivity index (χ4n) is 4.13. The molecule has 0 amide bonds. The molecule has 0 heterocycles. The van der Waals surface area contributed by atoms with Crippen LogP contribution in [0.4, 0.5) is 0 Å². The van der Waals surface area contributed by atoms with E-state index in [9.17, 15) is 0 Å². The molecule has 0 radical (unpaired) electrons. The highest BCUT2D eigenvalue weighted by molar-refractivity contribution is 8.00. The zero-order valence-electron chi connectivity index (χ0n) is 20.7. The van der Waals surface area contributed by atoms with Gasteiger partial charge in [-0.05, 0) is 41.7 Å². The molecule has 0 bridgehead atoms. The van der Waals surface area contributed by atoms with Gasteiger partial charge in [-0.15, -0.1) is 23.5 Å². The lowest BCUT2D eigenvalue weighted by Gasteiger charge is -2.40. The topological polar surface area (TPSA) is 3.24 Å². The van der Waals surface area contributed by atoms with Gasteiger partial charge in [0.2, 0.25) is 0 Å². The van der Waals surface area contributed by atoms with Crippen LogP contribution < -0.4 is 21.2 Å². The molecule has 180 valence electrons. The Labute approximate surface area is 222 Å². The van der Waals surface area contributed by atoms with E-state index in [0.29, 0.717) is 0 Å². The minimum Gasteiger partial charge on any atom is -0.245 e. The predicted molar refractivity (Wildman–Crippen MR) is 163 cm³/mol. The van der Waals surface area contributed by atoms with Crippen LogP contribution in [0, 0.1) is 0 Å². The maximum Gasteiger partial charge on any atom is 0.0346 e. The third kappa shape index (κ3) is 6.40. The summed E-state index contributed by atoms with van der Waals surface area (Å²) >= 11 is 3.73. The van der Waals surface area contributed by atoms with Crippen molar-refractivity contribution in [1.82, 2.24) is 4.44 Å². The number of hydrogen-bond acceptors (Lipinski definition) is 3. The Morgan fingerprint density at radius 1 is 0.571 bits per heavy atom. The van der Waals surface area contributed by atoms with Crippen molar-refractivity contribution in [3.63, 3.8) is 0 Å². The molecule has 0 aliphatic rings. The average Bonchev–Trinajstić information content (AvgIpc) is 2.93. The van der Waals surface area contributed by atoms with E-state index in [2.05, 4.69) is 133 Å². The maximum absolute atomic E-state index is 2.88. The van der Waals surface area contributed by atoms with Gasteiger partial charge in [0.1, 0.15) is 0 Å². The third-order valence-corrected chi connectivity index (χ3v) is 13.4. The Kier molecular flexibility index (Phi) is 10.3. The van der Waals surface area contributed by atoms with Crippen LogP contribution in [-0.2, 0) is 0 Å². The number of nitrogens with zero attached hydrogens (tertiary/aromatic N) is 1. The van der Waals surface area contributed by atoms with Gasteiger partial charge in [0.25, 0.3) is 0 Å². The highest BCUT2D eigenvalue weighted by Crippen LogP contribution is 2.56. The lowest BCUT2D eigenvalue weighted by Crippen LogP contribution is -2.33. The van der Waals surface area contributed by atoms with E-state index in [1.165, 1.54) is 43.9 Å². The van der Waals surface area contributed by atoms with Crippen molar-refractivity contribution in [1.29, 1.82) is 0 Å². The second-order valence-electron chi connectivity index (χ2n) is 8.09. The second kappa shape index (κ2) is 13.6. The first kappa shape index (κ1) is 26.5. The van der Waals surface area contributed by atoms with Gasteiger partial charge in [-0.1, -0.05) is 110 Å². The minimum absolute atomic E-state index is 0.704. The van der Waals surface area contributed by atoms with Gasteiger partial charge < -0.3 is 0 Å². The van der Waals surface area contributed by atoms with Crippen molar-refractivity contribution in [2.24, 2.45) is 0 Å². The van der Waals surface area contributed by atoms with Crippen LogP contribution in [-0.4, -0.2) is 23.5 Å². The third-order valence-electron chi connectivity index (χ3n) is 5.80. The number of benzene rings is 4. The Bertz CT molecular complexity index is 1100. The molecular formula is C30H33NP2S2. The number of thioether (sulfide) groups is 2. The first-order chi connectivity index (χ1) is 17.3. The average molecular weight is 534 g/mol. The zero-order chi connectivity index (χ0) is 24.5. The van der Waals surface area contributed by atoms with Gasteiger partial charge in [-0.2, -0.15) is 0 Å². The van der Waals surface area contributed by atoms with Crippen LogP contribution in [0.1, 0.15) is 19.8 Å². The molecule has 0 fully saturated rings. The summed E-state index contributed by atoms with van der Waals surface area (Å²) < 4.78 is 2.88. The quantitative estimate of drug-likeness (QED) is 0.144. The van der Waals surface area contributed by atoms with Crippen molar-refractivity contribution < 1.29 is 0 Å². The molecule has 5 heteroatoms. The van der Waals surface area contributed by atoms with Gasteiger partial charge in [0.15, 0.2) is 0 Å². The van der Waals surface area contributed by atoms with Crippen molar-refractivity contribution in [3.8, 4) is 0 Å².